The van der Waals surface area contributed by atoms with Crippen LogP contribution in [-0.2, 0) is 16.0 Å². The second kappa shape index (κ2) is 7.05. The Hall–Kier alpha value is -1.88. The Balaban J connectivity index is 1.88. The number of amides is 1. The first-order valence-corrected chi connectivity index (χ1v) is 6.92. The van der Waals surface area contributed by atoms with E-state index < -0.39 is 12.0 Å². The highest BCUT2D eigenvalue weighted by Gasteiger charge is 2.23. The first-order valence-electron chi connectivity index (χ1n) is 6.92. The summed E-state index contributed by atoms with van der Waals surface area (Å²) in [6, 6.07) is 8.47. The number of hydrogen-bond acceptors (Lipinski definition) is 3. The van der Waals surface area contributed by atoms with E-state index in [9.17, 15) is 14.7 Å². The van der Waals surface area contributed by atoms with Crippen molar-refractivity contribution >= 4 is 11.9 Å². The topological polar surface area (TPSA) is 78.4 Å². The van der Waals surface area contributed by atoms with Crippen LogP contribution in [-0.4, -0.2) is 36.1 Å². The Morgan fingerprint density at radius 2 is 2.10 bits per heavy atom. The Morgan fingerprint density at radius 3 is 2.70 bits per heavy atom. The van der Waals surface area contributed by atoms with Crippen molar-refractivity contribution in [3.63, 3.8) is 0 Å². The van der Waals surface area contributed by atoms with Gasteiger partial charge in [0.25, 0.3) is 0 Å². The number of carboxylic acid groups (broad SMARTS) is 1. The molecule has 2 rings (SSSR count). The number of carboxylic acids is 1. The second-order valence-corrected chi connectivity index (χ2v) is 5.21. The molecule has 1 unspecified atom stereocenters. The van der Waals surface area contributed by atoms with Crippen molar-refractivity contribution in [2.45, 2.75) is 25.3 Å². The predicted molar refractivity (Wildman–Crippen MR) is 75.3 cm³/mol. The molecule has 1 aliphatic rings. The molecule has 0 spiro atoms. The zero-order valence-electron chi connectivity index (χ0n) is 11.3. The van der Waals surface area contributed by atoms with Gasteiger partial charge < -0.3 is 15.7 Å². The molecular formula is C15H20N2O3. The fourth-order valence-electron chi connectivity index (χ4n) is 2.45. The molecule has 1 aromatic rings. The normalized spacial score (nSPS) is 19.5. The predicted octanol–water partition coefficient (Wildman–Crippen LogP) is 0.798. The van der Waals surface area contributed by atoms with Crippen molar-refractivity contribution in [3.05, 3.63) is 35.9 Å². The molecule has 0 aliphatic carbocycles. The lowest BCUT2D eigenvalue weighted by atomic mass is 10.0. The summed E-state index contributed by atoms with van der Waals surface area (Å²) in [5.41, 5.74) is 0.905. The van der Waals surface area contributed by atoms with Crippen LogP contribution in [0.15, 0.2) is 30.3 Å². The van der Waals surface area contributed by atoms with E-state index in [-0.39, 0.29) is 5.91 Å². The third-order valence-corrected chi connectivity index (χ3v) is 3.55. The quantitative estimate of drug-likeness (QED) is 0.718. The van der Waals surface area contributed by atoms with E-state index in [2.05, 4.69) is 10.6 Å². The molecule has 1 aromatic carbocycles. The summed E-state index contributed by atoms with van der Waals surface area (Å²) in [4.78, 5) is 23.2. The molecule has 5 nitrogen and oxygen atoms in total. The van der Waals surface area contributed by atoms with Gasteiger partial charge in [0.2, 0.25) is 5.91 Å². The molecule has 5 heteroatoms. The largest absolute Gasteiger partial charge is 0.480 e. The van der Waals surface area contributed by atoms with Gasteiger partial charge in [-0.2, -0.15) is 0 Å². The van der Waals surface area contributed by atoms with Crippen molar-refractivity contribution in [3.8, 4) is 0 Å². The molecule has 1 saturated heterocycles. The molecule has 3 N–H and O–H groups in total. The average molecular weight is 276 g/mol. The SMILES string of the molecule is O=C(CC1CCNC1)N[C@H](Cc1ccccc1)C(=O)O. The zero-order chi connectivity index (χ0) is 14.4. The average Bonchev–Trinajstić information content (AvgIpc) is 2.92. The summed E-state index contributed by atoms with van der Waals surface area (Å²) in [6.07, 6.45) is 1.68. The van der Waals surface area contributed by atoms with Gasteiger partial charge in [-0.25, -0.2) is 4.79 Å². The standard InChI is InChI=1S/C15H20N2O3/c18-14(9-12-6-7-16-10-12)17-13(15(19)20)8-11-4-2-1-3-5-11/h1-5,12-13,16H,6-10H2,(H,17,18)(H,19,20)/t12?,13-/m1/s1. The Bertz CT molecular complexity index is 455. The summed E-state index contributed by atoms with van der Waals surface area (Å²) in [6.45, 7) is 1.77. The minimum absolute atomic E-state index is 0.179. The number of nitrogens with one attached hydrogen (secondary N) is 2. The van der Waals surface area contributed by atoms with Gasteiger partial charge in [-0.3, -0.25) is 4.79 Å². The summed E-state index contributed by atoms with van der Waals surface area (Å²) in [5.74, 6) is -0.852. The summed E-state index contributed by atoms with van der Waals surface area (Å²) in [5, 5.41) is 15.0. The van der Waals surface area contributed by atoms with E-state index in [0.717, 1.165) is 25.1 Å². The van der Waals surface area contributed by atoms with Gasteiger partial charge >= 0.3 is 5.97 Å². The number of aliphatic carboxylic acids is 1. The number of rotatable bonds is 6. The molecule has 1 fully saturated rings. The second-order valence-electron chi connectivity index (χ2n) is 5.21. The molecule has 20 heavy (non-hydrogen) atoms. The molecular weight excluding hydrogens is 256 g/mol. The van der Waals surface area contributed by atoms with Crippen LogP contribution in [0.25, 0.3) is 0 Å². The van der Waals surface area contributed by atoms with Gasteiger partial charge in [-0.1, -0.05) is 30.3 Å². The van der Waals surface area contributed by atoms with Crippen LogP contribution in [0, 0.1) is 5.92 Å². The van der Waals surface area contributed by atoms with E-state index in [1.807, 2.05) is 30.3 Å². The first kappa shape index (κ1) is 14.5. The van der Waals surface area contributed by atoms with Gasteiger partial charge in [0.05, 0.1) is 0 Å². The molecule has 1 heterocycles. The maximum atomic E-state index is 11.9. The van der Waals surface area contributed by atoms with Crippen LogP contribution in [0.1, 0.15) is 18.4 Å². The van der Waals surface area contributed by atoms with Crippen molar-refractivity contribution < 1.29 is 14.7 Å². The number of carbonyl (C=O) groups excluding carboxylic acids is 1. The monoisotopic (exact) mass is 276 g/mol. The maximum Gasteiger partial charge on any atom is 0.326 e. The van der Waals surface area contributed by atoms with Crippen LogP contribution >= 0.6 is 0 Å². The van der Waals surface area contributed by atoms with Gasteiger partial charge in [0, 0.05) is 12.8 Å². The van der Waals surface area contributed by atoms with E-state index >= 15 is 0 Å². The van der Waals surface area contributed by atoms with Gasteiger partial charge in [-0.15, -0.1) is 0 Å². The highest BCUT2D eigenvalue weighted by atomic mass is 16.4. The fourth-order valence-corrected chi connectivity index (χ4v) is 2.45. The van der Waals surface area contributed by atoms with Crippen LogP contribution in [0.4, 0.5) is 0 Å². The van der Waals surface area contributed by atoms with Crippen LogP contribution in [0.3, 0.4) is 0 Å². The van der Waals surface area contributed by atoms with E-state index in [1.165, 1.54) is 0 Å². The molecule has 0 bridgehead atoms. The number of carbonyl (C=O) groups is 2. The Kier molecular flexibility index (Phi) is 5.12. The Labute approximate surface area is 118 Å². The van der Waals surface area contributed by atoms with Crippen molar-refractivity contribution in [1.82, 2.24) is 10.6 Å². The molecule has 0 saturated carbocycles. The summed E-state index contributed by atoms with van der Waals surface area (Å²) < 4.78 is 0. The van der Waals surface area contributed by atoms with Crippen LogP contribution < -0.4 is 10.6 Å². The number of hydrogen-bond donors (Lipinski definition) is 3. The first-order chi connectivity index (χ1) is 9.65. The molecule has 1 aliphatic heterocycles. The summed E-state index contributed by atoms with van der Waals surface area (Å²) >= 11 is 0. The highest BCUT2D eigenvalue weighted by molar-refractivity contribution is 5.83. The van der Waals surface area contributed by atoms with Crippen LogP contribution in [0.5, 0.6) is 0 Å². The highest BCUT2D eigenvalue weighted by Crippen LogP contribution is 2.12. The van der Waals surface area contributed by atoms with E-state index in [1.54, 1.807) is 0 Å². The van der Waals surface area contributed by atoms with Crippen molar-refractivity contribution in [2.75, 3.05) is 13.1 Å². The molecule has 0 aromatic heterocycles. The van der Waals surface area contributed by atoms with E-state index in [4.69, 9.17) is 0 Å². The lowest BCUT2D eigenvalue weighted by molar-refractivity contribution is -0.141. The molecule has 108 valence electrons. The smallest absolute Gasteiger partial charge is 0.326 e. The maximum absolute atomic E-state index is 11.9. The summed E-state index contributed by atoms with van der Waals surface area (Å²) in [7, 11) is 0. The molecule has 1 amide bonds. The van der Waals surface area contributed by atoms with Crippen molar-refractivity contribution in [1.29, 1.82) is 0 Å². The van der Waals surface area contributed by atoms with Crippen molar-refractivity contribution in [2.24, 2.45) is 5.92 Å². The van der Waals surface area contributed by atoms with Gasteiger partial charge in [0.15, 0.2) is 0 Å². The lowest BCUT2D eigenvalue weighted by Crippen LogP contribution is -2.43. The van der Waals surface area contributed by atoms with Crippen LogP contribution in [0.2, 0.25) is 0 Å². The zero-order valence-corrected chi connectivity index (χ0v) is 11.3. The van der Waals surface area contributed by atoms with Gasteiger partial charge in [0.1, 0.15) is 6.04 Å². The fraction of sp³-hybridized carbons (Fsp3) is 0.467. The minimum atomic E-state index is -0.994. The third-order valence-electron chi connectivity index (χ3n) is 3.55. The minimum Gasteiger partial charge on any atom is -0.480 e. The molecule has 2 atom stereocenters. The van der Waals surface area contributed by atoms with Gasteiger partial charge in [-0.05, 0) is 31.0 Å². The lowest BCUT2D eigenvalue weighted by Gasteiger charge is -2.16. The number of benzene rings is 1. The molecule has 0 radical (unpaired) electrons. The van der Waals surface area contributed by atoms with E-state index in [0.29, 0.717) is 18.8 Å². The Morgan fingerprint density at radius 1 is 1.35 bits per heavy atom. The third kappa shape index (κ3) is 4.35.